The molecule has 3 rings (SSSR count). The Balaban J connectivity index is 1.44. The summed E-state index contributed by atoms with van der Waals surface area (Å²) >= 11 is 0. The maximum atomic E-state index is 13.3. The van der Waals surface area contributed by atoms with Gasteiger partial charge in [-0.25, -0.2) is 8.78 Å². The Morgan fingerprint density at radius 3 is 2.48 bits per heavy atom. The van der Waals surface area contributed by atoms with Crippen molar-refractivity contribution in [3.05, 3.63) is 71.3 Å². The highest BCUT2D eigenvalue weighted by Gasteiger charge is 2.25. The molecule has 2 aromatic rings. The van der Waals surface area contributed by atoms with E-state index in [2.05, 4.69) is 51.7 Å². The number of rotatable bonds is 6. The normalized spacial score (nSPS) is 20.5. The van der Waals surface area contributed by atoms with Crippen molar-refractivity contribution in [3.8, 4) is 0 Å². The molecule has 1 fully saturated rings. The van der Waals surface area contributed by atoms with Crippen LogP contribution in [0, 0.1) is 11.6 Å². The first-order valence-electron chi connectivity index (χ1n) is 10.2. The van der Waals surface area contributed by atoms with E-state index < -0.39 is 11.6 Å². The molecule has 1 saturated heterocycles. The summed E-state index contributed by atoms with van der Waals surface area (Å²) in [6.07, 6.45) is 2.62. The summed E-state index contributed by atoms with van der Waals surface area (Å²) in [6, 6.07) is 15.0. The molecule has 29 heavy (non-hydrogen) atoms. The van der Waals surface area contributed by atoms with Crippen LogP contribution in [-0.4, -0.2) is 43.1 Å². The Bertz CT molecular complexity index is 790. The molecule has 2 N–H and O–H groups in total. The van der Waals surface area contributed by atoms with Gasteiger partial charge in [-0.1, -0.05) is 30.3 Å². The standard InChI is InChI=1S/C23H30F2N4/c1-17-12-22(9-11-29(17)16-18-6-4-3-5-7-18)28-23(26-2)27-10-8-19-13-20(24)15-21(25)14-19/h3-7,13-15,17,22H,8-12,16H2,1-2H3,(H2,26,27,28). The van der Waals surface area contributed by atoms with Crippen LogP contribution in [0.25, 0.3) is 0 Å². The fourth-order valence-corrected chi connectivity index (χ4v) is 3.87. The second kappa shape index (κ2) is 10.3. The molecule has 1 aliphatic heterocycles. The van der Waals surface area contributed by atoms with Gasteiger partial charge in [0.15, 0.2) is 5.96 Å². The minimum atomic E-state index is -0.543. The van der Waals surface area contributed by atoms with Gasteiger partial charge in [-0.3, -0.25) is 9.89 Å². The molecule has 0 aliphatic carbocycles. The minimum Gasteiger partial charge on any atom is -0.356 e. The summed E-state index contributed by atoms with van der Waals surface area (Å²) < 4.78 is 26.6. The van der Waals surface area contributed by atoms with Crippen molar-refractivity contribution < 1.29 is 8.78 Å². The third-order valence-electron chi connectivity index (χ3n) is 5.44. The third-order valence-corrected chi connectivity index (χ3v) is 5.44. The molecule has 2 unspecified atom stereocenters. The number of benzene rings is 2. The van der Waals surface area contributed by atoms with Crippen LogP contribution in [0.2, 0.25) is 0 Å². The van der Waals surface area contributed by atoms with Crippen molar-refractivity contribution >= 4 is 5.96 Å². The second-order valence-electron chi connectivity index (χ2n) is 7.70. The highest BCUT2D eigenvalue weighted by molar-refractivity contribution is 5.79. The fourth-order valence-electron chi connectivity index (χ4n) is 3.87. The number of hydrogen-bond donors (Lipinski definition) is 2. The van der Waals surface area contributed by atoms with Gasteiger partial charge in [-0.05, 0) is 49.4 Å². The van der Waals surface area contributed by atoms with Gasteiger partial charge in [0.2, 0.25) is 0 Å². The summed E-state index contributed by atoms with van der Waals surface area (Å²) in [5.74, 6) is -0.354. The Labute approximate surface area is 172 Å². The summed E-state index contributed by atoms with van der Waals surface area (Å²) in [7, 11) is 1.74. The highest BCUT2D eigenvalue weighted by atomic mass is 19.1. The molecular formula is C23H30F2N4. The molecular weight excluding hydrogens is 370 g/mol. The second-order valence-corrected chi connectivity index (χ2v) is 7.70. The summed E-state index contributed by atoms with van der Waals surface area (Å²) in [4.78, 5) is 6.81. The van der Waals surface area contributed by atoms with Gasteiger partial charge in [0, 0.05) is 44.8 Å². The lowest BCUT2D eigenvalue weighted by molar-refractivity contribution is 0.134. The number of likely N-dealkylation sites (tertiary alicyclic amines) is 1. The van der Waals surface area contributed by atoms with Crippen LogP contribution in [0.3, 0.4) is 0 Å². The highest BCUT2D eigenvalue weighted by Crippen LogP contribution is 2.20. The molecule has 0 saturated carbocycles. The molecule has 1 heterocycles. The molecule has 0 spiro atoms. The molecule has 0 radical (unpaired) electrons. The zero-order valence-corrected chi connectivity index (χ0v) is 17.2. The number of guanidine groups is 1. The van der Waals surface area contributed by atoms with Crippen molar-refractivity contribution in [1.82, 2.24) is 15.5 Å². The molecule has 2 aromatic carbocycles. The van der Waals surface area contributed by atoms with E-state index in [0.717, 1.165) is 38.0 Å². The number of hydrogen-bond acceptors (Lipinski definition) is 2. The maximum absolute atomic E-state index is 13.3. The predicted octanol–water partition coefficient (Wildman–Crippen LogP) is 3.73. The molecule has 156 valence electrons. The SMILES string of the molecule is CN=C(NCCc1cc(F)cc(F)c1)NC1CCN(Cc2ccccc2)C(C)C1. The van der Waals surface area contributed by atoms with Crippen LogP contribution in [0.15, 0.2) is 53.5 Å². The van der Waals surface area contributed by atoms with Gasteiger partial charge in [0.25, 0.3) is 0 Å². The number of halogens is 2. The van der Waals surface area contributed by atoms with Gasteiger partial charge in [-0.15, -0.1) is 0 Å². The fraction of sp³-hybridized carbons (Fsp3) is 0.435. The van der Waals surface area contributed by atoms with Gasteiger partial charge >= 0.3 is 0 Å². The van der Waals surface area contributed by atoms with E-state index in [9.17, 15) is 8.78 Å². The molecule has 4 nitrogen and oxygen atoms in total. The molecule has 0 amide bonds. The van der Waals surface area contributed by atoms with Crippen molar-refractivity contribution in [2.45, 2.75) is 44.8 Å². The smallest absolute Gasteiger partial charge is 0.191 e. The van der Waals surface area contributed by atoms with Crippen LogP contribution in [-0.2, 0) is 13.0 Å². The van der Waals surface area contributed by atoms with E-state index in [4.69, 9.17) is 0 Å². The molecule has 1 aliphatic rings. The van der Waals surface area contributed by atoms with Crippen molar-refractivity contribution in [2.24, 2.45) is 4.99 Å². The number of aliphatic imine (C=N–C) groups is 1. The molecule has 2 atom stereocenters. The zero-order valence-electron chi connectivity index (χ0n) is 17.2. The van der Waals surface area contributed by atoms with Crippen LogP contribution >= 0.6 is 0 Å². The zero-order chi connectivity index (χ0) is 20.6. The Kier molecular flexibility index (Phi) is 7.58. The van der Waals surface area contributed by atoms with E-state index >= 15 is 0 Å². The minimum absolute atomic E-state index is 0.356. The van der Waals surface area contributed by atoms with E-state index in [-0.39, 0.29) is 0 Å². The van der Waals surface area contributed by atoms with Gasteiger partial charge in [-0.2, -0.15) is 0 Å². The van der Waals surface area contributed by atoms with E-state index in [1.807, 2.05) is 6.07 Å². The summed E-state index contributed by atoms with van der Waals surface area (Å²) in [5, 5.41) is 6.74. The molecule has 0 bridgehead atoms. The van der Waals surface area contributed by atoms with E-state index in [1.54, 1.807) is 7.05 Å². The number of nitrogens with one attached hydrogen (secondary N) is 2. The van der Waals surface area contributed by atoms with Crippen molar-refractivity contribution in [1.29, 1.82) is 0 Å². The van der Waals surface area contributed by atoms with E-state index in [1.165, 1.54) is 17.7 Å². The number of nitrogens with zero attached hydrogens (tertiary/aromatic N) is 2. The summed E-state index contributed by atoms with van der Waals surface area (Å²) in [6.45, 7) is 4.84. The van der Waals surface area contributed by atoms with Gasteiger partial charge in [0.1, 0.15) is 11.6 Å². The van der Waals surface area contributed by atoms with Crippen molar-refractivity contribution in [3.63, 3.8) is 0 Å². The first-order chi connectivity index (χ1) is 14.0. The first-order valence-corrected chi connectivity index (χ1v) is 10.2. The molecule has 0 aromatic heterocycles. The number of piperidine rings is 1. The predicted molar refractivity (Wildman–Crippen MR) is 114 cm³/mol. The van der Waals surface area contributed by atoms with Crippen molar-refractivity contribution in [2.75, 3.05) is 20.1 Å². The lowest BCUT2D eigenvalue weighted by Crippen LogP contribution is -2.51. The van der Waals surface area contributed by atoms with Crippen LogP contribution in [0.4, 0.5) is 8.78 Å². The average Bonchev–Trinajstić information content (AvgIpc) is 2.69. The Morgan fingerprint density at radius 2 is 1.83 bits per heavy atom. The molecule has 6 heteroatoms. The Morgan fingerprint density at radius 1 is 1.10 bits per heavy atom. The Hall–Kier alpha value is -2.47. The average molecular weight is 401 g/mol. The lowest BCUT2D eigenvalue weighted by Gasteiger charge is -2.38. The van der Waals surface area contributed by atoms with Gasteiger partial charge < -0.3 is 10.6 Å². The van der Waals surface area contributed by atoms with Crippen LogP contribution < -0.4 is 10.6 Å². The van der Waals surface area contributed by atoms with E-state index in [0.29, 0.717) is 30.6 Å². The lowest BCUT2D eigenvalue weighted by atomic mass is 9.97. The van der Waals surface area contributed by atoms with Crippen LogP contribution in [0.5, 0.6) is 0 Å². The van der Waals surface area contributed by atoms with Gasteiger partial charge in [0.05, 0.1) is 0 Å². The quantitative estimate of drug-likeness (QED) is 0.573. The first kappa shape index (κ1) is 21.2. The van der Waals surface area contributed by atoms with Crippen LogP contribution in [0.1, 0.15) is 30.9 Å². The monoisotopic (exact) mass is 400 g/mol. The third kappa shape index (κ3) is 6.53. The maximum Gasteiger partial charge on any atom is 0.191 e. The summed E-state index contributed by atoms with van der Waals surface area (Å²) in [5.41, 5.74) is 1.98. The topological polar surface area (TPSA) is 39.7 Å². The largest absolute Gasteiger partial charge is 0.356 e.